The minimum absolute atomic E-state index is 0.0512. The maximum Gasteiger partial charge on any atom is 0.203 e. The van der Waals surface area contributed by atoms with Crippen LogP contribution < -0.4 is 0 Å². The van der Waals surface area contributed by atoms with Gasteiger partial charge in [0, 0.05) is 12.0 Å². The molecule has 1 aromatic carbocycles. The summed E-state index contributed by atoms with van der Waals surface area (Å²) in [4.78, 5) is 10.2. The molecule has 0 atom stereocenters. The second-order valence-corrected chi connectivity index (χ2v) is 2.82. The first-order chi connectivity index (χ1) is 6.74. The summed E-state index contributed by atoms with van der Waals surface area (Å²) in [6.45, 7) is 0. The van der Waals surface area contributed by atoms with Gasteiger partial charge in [0.15, 0.2) is 11.6 Å². The van der Waals surface area contributed by atoms with Gasteiger partial charge >= 0.3 is 0 Å². The van der Waals surface area contributed by atoms with E-state index in [0.29, 0.717) is 5.56 Å². The SMILES string of the molecule is O=[C]Cc1cc(F)c(F)c2ccoc12. The third kappa shape index (κ3) is 1.19. The fourth-order valence-corrected chi connectivity index (χ4v) is 1.35. The van der Waals surface area contributed by atoms with Gasteiger partial charge in [-0.15, -0.1) is 0 Å². The lowest BCUT2D eigenvalue weighted by Gasteiger charge is -1.99. The number of rotatable bonds is 2. The summed E-state index contributed by atoms with van der Waals surface area (Å²) in [5.74, 6) is -1.94. The summed E-state index contributed by atoms with van der Waals surface area (Å²) < 4.78 is 31.0. The average molecular weight is 195 g/mol. The quantitative estimate of drug-likeness (QED) is 0.736. The molecule has 71 valence electrons. The van der Waals surface area contributed by atoms with Crippen LogP contribution in [0.4, 0.5) is 8.78 Å². The zero-order valence-electron chi connectivity index (χ0n) is 7.01. The van der Waals surface area contributed by atoms with E-state index >= 15 is 0 Å². The van der Waals surface area contributed by atoms with E-state index in [4.69, 9.17) is 4.42 Å². The molecule has 0 fully saturated rings. The molecule has 1 heterocycles. The van der Waals surface area contributed by atoms with Crippen molar-refractivity contribution in [1.29, 1.82) is 0 Å². The Morgan fingerprint density at radius 3 is 2.93 bits per heavy atom. The predicted molar refractivity (Wildman–Crippen MR) is 45.5 cm³/mol. The van der Waals surface area contributed by atoms with Crippen molar-refractivity contribution in [2.24, 2.45) is 0 Å². The first-order valence-electron chi connectivity index (χ1n) is 3.93. The van der Waals surface area contributed by atoms with Crippen molar-refractivity contribution < 1.29 is 18.0 Å². The van der Waals surface area contributed by atoms with Crippen molar-refractivity contribution >= 4 is 17.3 Å². The molecule has 0 saturated heterocycles. The molecular formula is C10H5F2O2. The Morgan fingerprint density at radius 1 is 1.43 bits per heavy atom. The van der Waals surface area contributed by atoms with Crippen molar-refractivity contribution in [2.45, 2.75) is 6.42 Å². The Hall–Kier alpha value is -1.71. The van der Waals surface area contributed by atoms with Crippen LogP contribution in [0.25, 0.3) is 11.0 Å². The second kappa shape index (κ2) is 3.21. The lowest BCUT2D eigenvalue weighted by Crippen LogP contribution is -1.92. The highest BCUT2D eigenvalue weighted by Gasteiger charge is 2.14. The summed E-state index contributed by atoms with van der Waals surface area (Å²) >= 11 is 0. The average Bonchev–Trinajstić information content (AvgIpc) is 2.63. The highest BCUT2D eigenvalue weighted by atomic mass is 19.2. The third-order valence-electron chi connectivity index (χ3n) is 1.97. The third-order valence-corrected chi connectivity index (χ3v) is 1.97. The van der Waals surface area contributed by atoms with E-state index < -0.39 is 11.6 Å². The van der Waals surface area contributed by atoms with Gasteiger partial charge < -0.3 is 4.42 Å². The molecule has 0 saturated carbocycles. The lowest BCUT2D eigenvalue weighted by atomic mass is 10.1. The van der Waals surface area contributed by atoms with Crippen molar-refractivity contribution in [3.8, 4) is 0 Å². The largest absolute Gasteiger partial charge is 0.464 e. The molecular weight excluding hydrogens is 190 g/mol. The Balaban J connectivity index is 2.77. The standard InChI is InChI=1S/C10H5F2O2/c11-8-5-6(1-3-13)10-7(9(8)12)2-4-14-10/h2,4-5H,1H2. The molecule has 0 aliphatic rings. The molecule has 0 amide bonds. The van der Waals surface area contributed by atoms with Gasteiger partial charge in [0.2, 0.25) is 6.29 Å². The number of hydrogen-bond acceptors (Lipinski definition) is 2. The Morgan fingerprint density at radius 2 is 2.21 bits per heavy atom. The van der Waals surface area contributed by atoms with Crippen LogP contribution in [0.15, 0.2) is 22.8 Å². The van der Waals surface area contributed by atoms with Gasteiger partial charge in [0.05, 0.1) is 11.6 Å². The summed E-state index contributed by atoms with van der Waals surface area (Å²) in [5, 5.41) is 0.0512. The molecule has 0 aliphatic carbocycles. The molecule has 1 aromatic heterocycles. The van der Waals surface area contributed by atoms with Crippen LogP contribution in [0, 0.1) is 11.6 Å². The molecule has 0 bridgehead atoms. The van der Waals surface area contributed by atoms with Gasteiger partial charge in [0.1, 0.15) is 5.58 Å². The monoisotopic (exact) mass is 195 g/mol. The van der Waals surface area contributed by atoms with Crippen LogP contribution >= 0.6 is 0 Å². The van der Waals surface area contributed by atoms with E-state index in [1.807, 2.05) is 0 Å². The molecule has 2 rings (SSSR count). The Bertz CT molecular complexity index is 488. The molecule has 0 aliphatic heterocycles. The normalized spacial score (nSPS) is 10.7. The zero-order chi connectivity index (χ0) is 10.1. The maximum absolute atomic E-state index is 13.1. The molecule has 0 N–H and O–H groups in total. The first-order valence-corrected chi connectivity index (χ1v) is 3.93. The van der Waals surface area contributed by atoms with Crippen molar-refractivity contribution in [1.82, 2.24) is 0 Å². The summed E-state index contributed by atoms with van der Waals surface area (Å²) in [6, 6.07) is 2.27. The van der Waals surface area contributed by atoms with Crippen LogP contribution in [0.2, 0.25) is 0 Å². The molecule has 4 heteroatoms. The van der Waals surface area contributed by atoms with Gasteiger partial charge in [-0.05, 0) is 12.1 Å². The van der Waals surface area contributed by atoms with E-state index in [0.717, 1.165) is 6.07 Å². The summed E-state index contributed by atoms with van der Waals surface area (Å²) in [6.07, 6.45) is 2.76. The molecule has 2 aromatic rings. The number of furan rings is 1. The minimum atomic E-state index is -0.982. The van der Waals surface area contributed by atoms with Crippen LogP contribution in [-0.2, 0) is 11.2 Å². The number of carbonyl (C=O) groups excluding carboxylic acids is 1. The summed E-state index contributed by atoms with van der Waals surface area (Å²) in [5.41, 5.74) is 0.506. The number of halogens is 2. The van der Waals surface area contributed by atoms with E-state index in [1.54, 1.807) is 6.29 Å². The van der Waals surface area contributed by atoms with Crippen molar-refractivity contribution in [3.63, 3.8) is 0 Å². The van der Waals surface area contributed by atoms with E-state index in [-0.39, 0.29) is 17.4 Å². The van der Waals surface area contributed by atoms with Crippen LogP contribution in [-0.4, -0.2) is 6.29 Å². The Kier molecular flexibility index (Phi) is 2.04. The minimum Gasteiger partial charge on any atom is -0.464 e. The summed E-state index contributed by atoms with van der Waals surface area (Å²) in [7, 11) is 0. The fraction of sp³-hybridized carbons (Fsp3) is 0.100. The predicted octanol–water partition coefficient (Wildman–Crippen LogP) is 2.36. The topological polar surface area (TPSA) is 30.2 Å². The van der Waals surface area contributed by atoms with Crippen LogP contribution in [0.3, 0.4) is 0 Å². The highest BCUT2D eigenvalue weighted by Crippen LogP contribution is 2.25. The lowest BCUT2D eigenvalue weighted by molar-refractivity contribution is 0.513. The number of fused-ring (bicyclic) bond motifs is 1. The van der Waals surface area contributed by atoms with Crippen LogP contribution in [0.5, 0.6) is 0 Å². The zero-order valence-corrected chi connectivity index (χ0v) is 7.01. The van der Waals surface area contributed by atoms with E-state index in [2.05, 4.69) is 0 Å². The highest BCUT2D eigenvalue weighted by molar-refractivity contribution is 5.83. The van der Waals surface area contributed by atoms with E-state index in [9.17, 15) is 13.6 Å². The van der Waals surface area contributed by atoms with Gasteiger partial charge in [-0.3, -0.25) is 4.79 Å². The van der Waals surface area contributed by atoms with Gasteiger partial charge in [-0.1, -0.05) is 0 Å². The Labute approximate surface area is 78.1 Å². The van der Waals surface area contributed by atoms with Crippen LogP contribution in [0.1, 0.15) is 5.56 Å². The van der Waals surface area contributed by atoms with Crippen molar-refractivity contribution in [2.75, 3.05) is 0 Å². The van der Waals surface area contributed by atoms with E-state index in [1.165, 1.54) is 12.3 Å². The molecule has 0 spiro atoms. The maximum atomic E-state index is 13.1. The van der Waals surface area contributed by atoms with Crippen molar-refractivity contribution in [3.05, 3.63) is 35.6 Å². The van der Waals surface area contributed by atoms with Gasteiger partial charge in [-0.25, -0.2) is 8.78 Å². The molecule has 1 radical (unpaired) electrons. The number of hydrogen-bond donors (Lipinski definition) is 0. The van der Waals surface area contributed by atoms with Gasteiger partial charge in [0.25, 0.3) is 0 Å². The molecule has 14 heavy (non-hydrogen) atoms. The smallest absolute Gasteiger partial charge is 0.203 e. The fourth-order valence-electron chi connectivity index (χ4n) is 1.35. The second-order valence-electron chi connectivity index (χ2n) is 2.82. The number of benzene rings is 1. The molecule has 0 unspecified atom stereocenters. The molecule has 2 nitrogen and oxygen atoms in total. The first kappa shape index (κ1) is 8.87. The van der Waals surface area contributed by atoms with Gasteiger partial charge in [-0.2, -0.15) is 0 Å².